The molecule has 0 aliphatic carbocycles. The second-order valence-electron chi connectivity index (χ2n) is 5.82. The van der Waals surface area contributed by atoms with Crippen molar-refractivity contribution in [3.8, 4) is 0 Å². The minimum Gasteiger partial charge on any atom is -0.307 e. The van der Waals surface area contributed by atoms with Crippen LogP contribution in [-0.2, 0) is 17.8 Å². The second-order valence-corrected chi connectivity index (χ2v) is 5.82. The summed E-state index contributed by atoms with van der Waals surface area (Å²) >= 11 is 0. The van der Waals surface area contributed by atoms with E-state index in [4.69, 9.17) is 0 Å². The number of imide groups is 1. The number of carbonyl (C=O) groups is 2. The monoisotopic (exact) mass is 323 g/mol. The normalized spacial score (nSPS) is 19.2. The molecule has 2 aliphatic rings. The molecule has 1 atom stereocenters. The SMILES string of the molecule is O=C1[C@@H]2Cc3ccccc3CN2C(=O)N1c1ccccc1[N+](=O)[O-]. The fourth-order valence-corrected chi connectivity index (χ4v) is 3.35. The first-order valence-electron chi connectivity index (χ1n) is 7.52. The smallest absolute Gasteiger partial charge is 0.307 e. The van der Waals surface area contributed by atoms with Crippen molar-refractivity contribution in [2.24, 2.45) is 0 Å². The summed E-state index contributed by atoms with van der Waals surface area (Å²) in [4.78, 5) is 38.6. The number of hydrogen-bond donors (Lipinski definition) is 0. The number of hydrogen-bond acceptors (Lipinski definition) is 4. The topological polar surface area (TPSA) is 83.8 Å². The van der Waals surface area contributed by atoms with Crippen molar-refractivity contribution in [2.75, 3.05) is 4.90 Å². The van der Waals surface area contributed by atoms with E-state index in [1.54, 1.807) is 6.07 Å². The molecule has 0 bridgehead atoms. The third-order valence-corrected chi connectivity index (χ3v) is 4.51. The number of fused-ring (bicyclic) bond motifs is 2. The number of urea groups is 1. The molecular weight excluding hydrogens is 310 g/mol. The Morgan fingerprint density at radius 1 is 1.00 bits per heavy atom. The molecule has 1 saturated heterocycles. The summed E-state index contributed by atoms with van der Waals surface area (Å²) in [6, 6.07) is 12.4. The van der Waals surface area contributed by atoms with Crippen molar-refractivity contribution in [3.63, 3.8) is 0 Å². The summed E-state index contributed by atoms with van der Waals surface area (Å²) < 4.78 is 0. The van der Waals surface area contributed by atoms with Gasteiger partial charge < -0.3 is 4.90 Å². The molecule has 0 saturated carbocycles. The number of nitro benzene ring substituents is 1. The van der Waals surface area contributed by atoms with Crippen LogP contribution in [0.5, 0.6) is 0 Å². The molecule has 2 aliphatic heterocycles. The van der Waals surface area contributed by atoms with Crippen LogP contribution >= 0.6 is 0 Å². The van der Waals surface area contributed by atoms with E-state index in [-0.39, 0.29) is 11.4 Å². The largest absolute Gasteiger partial charge is 0.332 e. The number of nitrogens with zero attached hydrogens (tertiary/aromatic N) is 3. The van der Waals surface area contributed by atoms with Crippen molar-refractivity contribution in [1.82, 2.24) is 4.90 Å². The molecular formula is C17H13N3O4. The van der Waals surface area contributed by atoms with Gasteiger partial charge in [-0.25, -0.2) is 9.69 Å². The third-order valence-electron chi connectivity index (χ3n) is 4.51. The van der Waals surface area contributed by atoms with E-state index >= 15 is 0 Å². The molecule has 1 fully saturated rings. The van der Waals surface area contributed by atoms with E-state index in [1.807, 2.05) is 24.3 Å². The van der Waals surface area contributed by atoms with Crippen LogP contribution in [0.1, 0.15) is 11.1 Å². The molecule has 24 heavy (non-hydrogen) atoms. The fraction of sp³-hybridized carbons (Fsp3) is 0.176. The average molecular weight is 323 g/mol. The molecule has 7 heteroatoms. The maximum atomic E-state index is 12.8. The van der Waals surface area contributed by atoms with Crippen molar-refractivity contribution in [3.05, 3.63) is 69.8 Å². The van der Waals surface area contributed by atoms with Gasteiger partial charge in [0.25, 0.3) is 11.6 Å². The predicted octanol–water partition coefficient (Wildman–Crippen LogP) is 2.49. The Kier molecular flexibility index (Phi) is 3.09. The Morgan fingerprint density at radius 2 is 1.67 bits per heavy atom. The van der Waals surface area contributed by atoms with Gasteiger partial charge >= 0.3 is 6.03 Å². The van der Waals surface area contributed by atoms with Crippen LogP contribution in [0.4, 0.5) is 16.2 Å². The highest BCUT2D eigenvalue weighted by atomic mass is 16.6. The maximum absolute atomic E-state index is 12.8. The second kappa shape index (κ2) is 5.16. The zero-order valence-corrected chi connectivity index (χ0v) is 12.6. The van der Waals surface area contributed by atoms with Crippen LogP contribution in [0.3, 0.4) is 0 Å². The van der Waals surface area contributed by atoms with Crippen molar-refractivity contribution >= 4 is 23.3 Å². The molecule has 2 aromatic rings. The molecule has 0 aromatic heterocycles. The van der Waals surface area contributed by atoms with Gasteiger partial charge in [-0.3, -0.25) is 14.9 Å². The van der Waals surface area contributed by atoms with Crippen molar-refractivity contribution in [2.45, 2.75) is 19.0 Å². The molecule has 2 aromatic carbocycles. The first-order chi connectivity index (χ1) is 11.6. The molecule has 120 valence electrons. The van der Waals surface area contributed by atoms with Crippen LogP contribution in [0.25, 0.3) is 0 Å². The molecule has 0 spiro atoms. The summed E-state index contributed by atoms with van der Waals surface area (Å²) in [5.74, 6) is -0.413. The number of nitro groups is 1. The highest BCUT2D eigenvalue weighted by Gasteiger charge is 2.49. The van der Waals surface area contributed by atoms with E-state index in [0.717, 1.165) is 16.0 Å². The Balaban J connectivity index is 1.76. The van der Waals surface area contributed by atoms with Gasteiger partial charge in [0, 0.05) is 19.0 Å². The Labute approximate surface area is 137 Å². The van der Waals surface area contributed by atoms with Gasteiger partial charge in [0.15, 0.2) is 0 Å². The zero-order valence-electron chi connectivity index (χ0n) is 12.6. The lowest BCUT2D eigenvalue weighted by atomic mass is 9.95. The Hall–Kier alpha value is -3.22. The van der Waals surface area contributed by atoms with Crippen LogP contribution in [0.2, 0.25) is 0 Å². The number of anilines is 1. The lowest BCUT2D eigenvalue weighted by Gasteiger charge is -2.28. The van der Waals surface area contributed by atoms with Crippen LogP contribution < -0.4 is 4.90 Å². The van der Waals surface area contributed by atoms with Gasteiger partial charge in [-0.2, -0.15) is 0 Å². The van der Waals surface area contributed by atoms with Crippen LogP contribution in [0, 0.1) is 10.1 Å². The Morgan fingerprint density at radius 3 is 2.42 bits per heavy atom. The van der Waals surface area contributed by atoms with Crippen LogP contribution in [0.15, 0.2) is 48.5 Å². The lowest BCUT2D eigenvalue weighted by molar-refractivity contribution is -0.384. The highest BCUT2D eigenvalue weighted by molar-refractivity contribution is 6.22. The molecule has 0 N–H and O–H groups in total. The van der Waals surface area contributed by atoms with Crippen LogP contribution in [-0.4, -0.2) is 27.8 Å². The standard InChI is InChI=1S/C17H13N3O4/c21-16-15-9-11-5-1-2-6-12(11)10-18(15)17(22)19(16)13-7-3-4-8-14(13)20(23)24/h1-8,15H,9-10H2/t15-/m0/s1. The summed E-state index contributed by atoms with van der Waals surface area (Å²) in [6.45, 7) is 0.336. The van der Waals surface area contributed by atoms with E-state index in [0.29, 0.717) is 13.0 Å². The van der Waals surface area contributed by atoms with E-state index in [9.17, 15) is 19.7 Å². The third kappa shape index (κ3) is 1.98. The number of rotatable bonds is 2. The summed E-state index contributed by atoms with van der Waals surface area (Å²) in [5.41, 5.74) is 1.80. The first-order valence-corrected chi connectivity index (χ1v) is 7.52. The minimum atomic E-state index is -0.604. The fourth-order valence-electron chi connectivity index (χ4n) is 3.35. The average Bonchev–Trinajstić information content (AvgIpc) is 2.83. The van der Waals surface area contributed by atoms with Gasteiger partial charge in [0.05, 0.1) is 4.92 Å². The number of benzene rings is 2. The molecule has 4 rings (SSSR count). The Bertz CT molecular complexity index is 837. The minimum absolute atomic E-state index is 0.0240. The predicted molar refractivity (Wildman–Crippen MR) is 85.5 cm³/mol. The number of carbonyl (C=O) groups excluding carboxylic acids is 2. The number of amides is 3. The first kappa shape index (κ1) is 14.4. The lowest BCUT2D eigenvalue weighted by Crippen LogP contribution is -2.39. The quantitative estimate of drug-likeness (QED) is 0.483. The van der Waals surface area contributed by atoms with Gasteiger partial charge in [-0.1, -0.05) is 36.4 Å². The van der Waals surface area contributed by atoms with E-state index in [2.05, 4.69) is 0 Å². The molecule has 3 amide bonds. The van der Waals surface area contributed by atoms with Crippen molar-refractivity contribution in [1.29, 1.82) is 0 Å². The number of para-hydroxylation sites is 2. The van der Waals surface area contributed by atoms with Crippen molar-refractivity contribution < 1.29 is 14.5 Å². The van der Waals surface area contributed by atoms with Gasteiger partial charge in [-0.15, -0.1) is 0 Å². The van der Waals surface area contributed by atoms with E-state index < -0.39 is 22.9 Å². The van der Waals surface area contributed by atoms with Gasteiger partial charge in [-0.05, 0) is 17.2 Å². The molecule has 0 unspecified atom stereocenters. The molecule has 7 nitrogen and oxygen atoms in total. The van der Waals surface area contributed by atoms with E-state index in [1.165, 1.54) is 23.1 Å². The summed E-state index contributed by atoms with van der Waals surface area (Å²) in [6.07, 6.45) is 0.428. The zero-order chi connectivity index (χ0) is 16.8. The van der Waals surface area contributed by atoms with Gasteiger partial charge in [0.2, 0.25) is 0 Å². The highest BCUT2D eigenvalue weighted by Crippen LogP contribution is 2.36. The summed E-state index contributed by atoms with van der Waals surface area (Å²) in [5, 5.41) is 11.2. The molecule has 2 heterocycles. The maximum Gasteiger partial charge on any atom is 0.332 e. The summed E-state index contributed by atoms with van der Waals surface area (Å²) in [7, 11) is 0. The van der Waals surface area contributed by atoms with Gasteiger partial charge in [0.1, 0.15) is 11.7 Å². The molecule has 0 radical (unpaired) electrons.